The fourth-order valence-electron chi connectivity index (χ4n) is 2.57. The summed E-state index contributed by atoms with van der Waals surface area (Å²) in [7, 11) is 1.66. The maximum Gasteiger partial charge on any atom is 0.227 e. The second-order valence-electron chi connectivity index (χ2n) is 5.33. The van der Waals surface area contributed by atoms with Crippen molar-refractivity contribution in [2.24, 2.45) is 11.1 Å². The normalized spacial score (nSPS) is 30.2. The summed E-state index contributed by atoms with van der Waals surface area (Å²) in [5, 5.41) is 3.09. The monoisotopic (exact) mass is 242 g/mol. The molecule has 3 atom stereocenters. The first kappa shape index (κ1) is 14.5. The van der Waals surface area contributed by atoms with Crippen LogP contribution in [0.25, 0.3) is 0 Å². The van der Waals surface area contributed by atoms with Gasteiger partial charge in [-0.3, -0.25) is 4.79 Å². The number of hydrogen-bond donors (Lipinski definition) is 2. The van der Waals surface area contributed by atoms with E-state index < -0.39 is 0 Å². The molecule has 1 saturated carbocycles. The molecule has 1 amide bonds. The van der Waals surface area contributed by atoms with Gasteiger partial charge < -0.3 is 15.8 Å². The lowest BCUT2D eigenvalue weighted by molar-refractivity contribution is -0.131. The molecule has 17 heavy (non-hydrogen) atoms. The third-order valence-electron chi connectivity index (χ3n) is 3.89. The second-order valence-corrected chi connectivity index (χ2v) is 5.33. The largest absolute Gasteiger partial charge is 0.383 e. The molecule has 3 unspecified atom stereocenters. The van der Waals surface area contributed by atoms with Gasteiger partial charge in [0.1, 0.15) is 0 Å². The van der Waals surface area contributed by atoms with Gasteiger partial charge in [-0.15, -0.1) is 0 Å². The Hall–Kier alpha value is -0.610. The van der Waals surface area contributed by atoms with Gasteiger partial charge in [0.2, 0.25) is 5.91 Å². The van der Waals surface area contributed by atoms with Crippen LogP contribution in [0.2, 0.25) is 0 Å². The number of methoxy groups -OCH3 is 1. The maximum atomic E-state index is 12.3. The molecule has 1 fully saturated rings. The summed E-state index contributed by atoms with van der Waals surface area (Å²) in [5.74, 6) is 0.0954. The van der Waals surface area contributed by atoms with Crippen molar-refractivity contribution < 1.29 is 9.53 Å². The molecule has 0 aliphatic heterocycles. The topological polar surface area (TPSA) is 64.3 Å². The van der Waals surface area contributed by atoms with Gasteiger partial charge in [0.15, 0.2) is 0 Å². The minimum absolute atomic E-state index is 0.00711. The Morgan fingerprint density at radius 1 is 1.65 bits per heavy atom. The van der Waals surface area contributed by atoms with Gasteiger partial charge in [-0.2, -0.15) is 0 Å². The van der Waals surface area contributed by atoms with Crippen LogP contribution in [-0.4, -0.2) is 31.7 Å². The summed E-state index contributed by atoms with van der Waals surface area (Å²) in [6.07, 6.45) is 4.88. The number of amides is 1. The summed E-state index contributed by atoms with van der Waals surface area (Å²) in [6.45, 7) is 4.67. The summed E-state index contributed by atoms with van der Waals surface area (Å²) < 4.78 is 5.13. The average Bonchev–Trinajstić information content (AvgIpc) is 2.61. The van der Waals surface area contributed by atoms with E-state index in [1.807, 2.05) is 6.92 Å². The first-order valence-corrected chi connectivity index (χ1v) is 6.60. The van der Waals surface area contributed by atoms with Crippen molar-refractivity contribution in [1.29, 1.82) is 0 Å². The molecule has 4 heteroatoms. The highest BCUT2D eigenvalue weighted by molar-refractivity contribution is 5.83. The molecule has 1 aliphatic carbocycles. The van der Waals surface area contributed by atoms with E-state index in [0.717, 1.165) is 32.1 Å². The lowest BCUT2D eigenvalue weighted by Gasteiger charge is -2.30. The van der Waals surface area contributed by atoms with E-state index in [4.69, 9.17) is 10.5 Å². The van der Waals surface area contributed by atoms with Crippen LogP contribution in [0.3, 0.4) is 0 Å². The van der Waals surface area contributed by atoms with E-state index in [1.54, 1.807) is 7.11 Å². The molecule has 3 N–H and O–H groups in total. The van der Waals surface area contributed by atoms with Crippen LogP contribution in [0.5, 0.6) is 0 Å². The molecule has 0 radical (unpaired) electrons. The van der Waals surface area contributed by atoms with Crippen LogP contribution < -0.4 is 11.1 Å². The van der Waals surface area contributed by atoms with Crippen LogP contribution >= 0.6 is 0 Å². The molecular formula is C13H26N2O2. The second kappa shape index (κ2) is 6.36. The van der Waals surface area contributed by atoms with Crippen molar-refractivity contribution in [2.45, 2.75) is 58.0 Å². The van der Waals surface area contributed by atoms with Gasteiger partial charge in [0.05, 0.1) is 18.1 Å². The third-order valence-corrected chi connectivity index (χ3v) is 3.89. The van der Waals surface area contributed by atoms with E-state index in [2.05, 4.69) is 12.2 Å². The van der Waals surface area contributed by atoms with E-state index in [-0.39, 0.29) is 23.4 Å². The van der Waals surface area contributed by atoms with Gasteiger partial charge in [0, 0.05) is 13.2 Å². The van der Waals surface area contributed by atoms with Crippen molar-refractivity contribution in [3.05, 3.63) is 0 Å². The Morgan fingerprint density at radius 2 is 2.35 bits per heavy atom. The molecule has 0 heterocycles. The van der Waals surface area contributed by atoms with Gasteiger partial charge in [-0.25, -0.2) is 0 Å². The Labute approximate surface area is 104 Å². The third kappa shape index (κ3) is 3.42. The van der Waals surface area contributed by atoms with Gasteiger partial charge in [-0.1, -0.05) is 19.8 Å². The number of rotatable bonds is 6. The molecule has 0 aromatic carbocycles. The number of ether oxygens (including phenoxy) is 1. The molecule has 100 valence electrons. The molecule has 0 saturated heterocycles. The van der Waals surface area contributed by atoms with Gasteiger partial charge >= 0.3 is 0 Å². The van der Waals surface area contributed by atoms with E-state index in [0.29, 0.717) is 6.61 Å². The average molecular weight is 242 g/mol. The molecule has 0 aromatic heterocycles. The number of hydrogen-bond acceptors (Lipinski definition) is 3. The van der Waals surface area contributed by atoms with Crippen molar-refractivity contribution >= 4 is 5.91 Å². The SMILES string of the molecule is CCCC(COC)NC(=O)C1(C)CCCC1N. The van der Waals surface area contributed by atoms with Crippen molar-refractivity contribution in [3.63, 3.8) is 0 Å². The molecule has 1 rings (SSSR count). The Balaban J connectivity index is 2.56. The van der Waals surface area contributed by atoms with Crippen LogP contribution in [0.1, 0.15) is 46.0 Å². The minimum Gasteiger partial charge on any atom is -0.383 e. The summed E-state index contributed by atoms with van der Waals surface area (Å²) in [6, 6.07) is 0.106. The molecule has 4 nitrogen and oxygen atoms in total. The summed E-state index contributed by atoms with van der Waals surface area (Å²) in [5.41, 5.74) is 5.66. The maximum absolute atomic E-state index is 12.3. The first-order chi connectivity index (χ1) is 8.04. The van der Waals surface area contributed by atoms with Gasteiger partial charge in [-0.05, 0) is 26.2 Å². The molecule has 0 bridgehead atoms. The lowest BCUT2D eigenvalue weighted by atomic mass is 9.84. The predicted octanol–water partition coefficient (Wildman–Crippen LogP) is 1.44. The zero-order valence-corrected chi connectivity index (χ0v) is 11.3. The molecule has 1 aliphatic rings. The quantitative estimate of drug-likeness (QED) is 0.740. The molecule has 0 aromatic rings. The smallest absolute Gasteiger partial charge is 0.227 e. The van der Waals surface area contributed by atoms with Gasteiger partial charge in [0.25, 0.3) is 0 Å². The standard InChI is InChI=1S/C13H26N2O2/c1-4-6-10(9-17-3)15-12(16)13(2)8-5-7-11(13)14/h10-11H,4-9,14H2,1-3H3,(H,15,16). The van der Waals surface area contributed by atoms with E-state index >= 15 is 0 Å². The number of carbonyl (C=O) groups is 1. The Morgan fingerprint density at radius 3 is 2.82 bits per heavy atom. The number of carbonyl (C=O) groups excluding carboxylic acids is 1. The predicted molar refractivity (Wildman–Crippen MR) is 68.6 cm³/mol. The lowest BCUT2D eigenvalue weighted by Crippen LogP contribution is -2.51. The van der Waals surface area contributed by atoms with Crippen molar-refractivity contribution in [1.82, 2.24) is 5.32 Å². The summed E-state index contributed by atoms with van der Waals surface area (Å²) in [4.78, 5) is 12.3. The van der Waals surface area contributed by atoms with Crippen molar-refractivity contribution in [2.75, 3.05) is 13.7 Å². The zero-order valence-electron chi connectivity index (χ0n) is 11.3. The van der Waals surface area contributed by atoms with Crippen molar-refractivity contribution in [3.8, 4) is 0 Å². The minimum atomic E-state index is -0.389. The van der Waals surface area contributed by atoms with Crippen LogP contribution in [0, 0.1) is 5.41 Å². The highest BCUT2D eigenvalue weighted by atomic mass is 16.5. The van der Waals surface area contributed by atoms with E-state index in [9.17, 15) is 4.79 Å². The fourth-order valence-corrected chi connectivity index (χ4v) is 2.57. The van der Waals surface area contributed by atoms with Crippen LogP contribution in [0.15, 0.2) is 0 Å². The fraction of sp³-hybridized carbons (Fsp3) is 0.923. The Kier molecular flexibility index (Phi) is 5.40. The summed E-state index contributed by atoms with van der Waals surface area (Å²) >= 11 is 0. The first-order valence-electron chi connectivity index (χ1n) is 6.60. The molecule has 0 spiro atoms. The highest BCUT2D eigenvalue weighted by Gasteiger charge is 2.43. The molecular weight excluding hydrogens is 216 g/mol. The number of nitrogens with two attached hydrogens (primary N) is 1. The highest BCUT2D eigenvalue weighted by Crippen LogP contribution is 2.36. The van der Waals surface area contributed by atoms with Crippen LogP contribution in [-0.2, 0) is 9.53 Å². The number of nitrogens with one attached hydrogen (secondary N) is 1. The van der Waals surface area contributed by atoms with Crippen LogP contribution in [0.4, 0.5) is 0 Å². The van der Waals surface area contributed by atoms with E-state index in [1.165, 1.54) is 0 Å². The Bertz CT molecular complexity index is 252. The zero-order chi connectivity index (χ0) is 12.9.